The number of carbonyl (C=O) groups is 1. The van der Waals surface area contributed by atoms with Gasteiger partial charge in [-0.2, -0.15) is 0 Å². The van der Waals surface area contributed by atoms with Gasteiger partial charge in [-0.05, 0) is 19.3 Å². The first-order valence-electron chi connectivity index (χ1n) is 6.18. The smallest absolute Gasteiger partial charge is 0.227 e. The highest BCUT2D eigenvalue weighted by Crippen LogP contribution is 2.34. The quantitative estimate of drug-likeness (QED) is 0.860. The lowest BCUT2D eigenvalue weighted by molar-refractivity contribution is -0.121. The molecule has 0 saturated carbocycles. The molecular weight excluding hydrogens is 272 g/mol. The number of halogens is 1. The fraction of sp³-hybridized carbons (Fsp3) is 0.667. The molecule has 3 heterocycles. The van der Waals surface area contributed by atoms with E-state index in [1.165, 1.54) is 11.3 Å². The predicted molar refractivity (Wildman–Crippen MR) is 69.8 cm³/mol. The van der Waals surface area contributed by atoms with Crippen molar-refractivity contribution < 1.29 is 9.53 Å². The second kappa shape index (κ2) is 5.15. The standard InChI is InChI=1S/C12H15ClN2O2S/c13-5-7-6-18-12(14-7)4-11(16)15-9-3-8-1-2-10(9)17-8/h6,8-10H,1-5H2,(H,15,16). The van der Waals surface area contributed by atoms with Crippen LogP contribution in [0.15, 0.2) is 5.38 Å². The Bertz CT molecular complexity index is 451. The van der Waals surface area contributed by atoms with Crippen molar-refractivity contribution in [3.8, 4) is 0 Å². The van der Waals surface area contributed by atoms with Crippen LogP contribution in [0.1, 0.15) is 30.0 Å². The topological polar surface area (TPSA) is 51.2 Å². The molecule has 0 aliphatic carbocycles. The van der Waals surface area contributed by atoms with Gasteiger partial charge in [-0.3, -0.25) is 4.79 Å². The molecular formula is C12H15ClN2O2S. The molecule has 98 valence electrons. The second-order valence-corrected chi connectivity index (χ2v) is 6.04. The summed E-state index contributed by atoms with van der Waals surface area (Å²) < 4.78 is 5.71. The lowest BCUT2D eigenvalue weighted by atomic mass is 9.95. The molecule has 18 heavy (non-hydrogen) atoms. The Morgan fingerprint density at radius 2 is 2.50 bits per heavy atom. The summed E-state index contributed by atoms with van der Waals surface area (Å²) in [7, 11) is 0. The van der Waals surface area contributed by atoms with Crippen molar-refractivity contribution in [3.63, 3.8) is 0 Å². The van der Waals surface area contributed by atoms with Crippen molar-refractivity contribution in [2.24, 2.45) is 0 Å². The van der Waals surface area contributed by atoms with Crippen molar-refractivity contribution in [1.82, 2.24) is 10.3 Å². The molecule has 2 aliphatic heterocycles. The Balaban J connectivity index is 1.52. The van der Waals surface area contributed by atoms with Crippen LogP contribution in [0.3, 0.4) is 0 Å². The maximum Gasteiger partial charge on any atom is 0.227 e. The molecule has 3 rings (SSSR count). The first-order valence-corrected chi connectivity index (χ1v) is 7.60. The van der Waals surface area contributed by atoms with Gasteiger partial charge in [0.05, 0.1) is 36.2 Å². The van der Waals surface area contributed by atoms with Gasteiger partial charge in [0.2, 0.25) is 5.91 Å². The summed E-state index contributed by atoms with van der Waals surface area (Å²) in [5, 5.41) is 5.78. The van der Waals surface area contributed by atoms with Gasteiger partial charge >= 0.3 is 0 Å². The lowest BCUT2D eigenvalue weighted by Gasteiger charge is -2.19. The molecule has 1 amide bonds. The van der Waals surface area contributed by atoms with Crippen molar-refractivity contribution >= 4 is 28.8 Å². The first-order chi connectivity index (χ1) is 8.74. The zero-order valence-corrected chi connectivity index (χ0v) is 11.5. The highest BCUT2D eigenvalue weighted by molar-refractivity contribution is 7.09. The predicted octanol–water partition coefficient (Wildman–Crippen LogP) is 1.86. The van der Waals surface area contributed by atoms with Gasteiger partial charge in [0.1, 0.15) is 5.01 Å². The summed E-state index contributed by atoms with van der Waals surface area (Å²) in [6, 6.07) is 0.198. The molecule has 2 bridgehead atoms. The van der Waals surface area contributed by atoms with Crippen molar-refractivity contribution in [2.75, 3.05) is 0 Å². The van der Waals surface area contributed by atoms with Crippen LogP contribution in [0.5, 0.6) is 0 Å². The van der Waals surface area contributed by atoms with Crippen LogP contribution in [0.4, 0.5) is 0 Å². The third kappa shape index (κ3) is 2.53. The number of fused-ring (bicyclic) bond motifs is 2. The zero-order valence-electron chi connectivity index (χ0n) is 9.89. The van der Waals surface area contributed by atoms with Gasteiger partial charge in [-0.25, -0.2) is 4.98 Å². The molecule has 6 heteroatoms. The first kappa shape index (κ1) is 12.4. The summed E-state index contributed by atoms with van der Waals surface area (Å²) in [5.74, 6) is 0.435. The minimum atomic E-state index is 0.0339. The molecule has 1 aromatic heterocycles. The van der Waals surface area contributed by atoms with E-state index >= 15 is 0 Å². The molecule has 0 radical (unpaired) electrons. The van der Waals surface area contributed by atoms with E-state index in [2.05, 4.69) is 10.3 Å². The Morgan fingerprint density at radius 1 is 1.61 bits per heavy atom. The fourth-order valence-corrected chi connectivity index (χ4v) is 3.70. The van der Waals surface area contributed by atoms with Crippen LogP contribution >= 0.6 is 22.9 Å². The number of hydrogen-bond donors (Lipinski definition) is 1. The van der Waals surface area contributed by atoms with E-state index in [9.17, 15) is 4.79 Å². The number of aromatic nitrogens is 1. The summed E-state index contributed by atoms with van der Waals surface area (Å²) in [4.78, 5) is 16.2. The van der Waals surface area contributed by atoms with Gasteiger partial charge in [0, 0.05) is 5.38 Å². The molecule has 3 unspecified atom stereocenters. The van der Waals surface area contributed by atoms with Crippen molar-refractivity contribution in [3.05, 3.63) is 16.1 Å². The minimum Gasteiger partial charge on any atom is -0.373 e. The van der Waals surface area contributed by atoms with E-state index in [0.717, 1.165) is 30.0 Å². The Hall–Kier alpha value is -0.650. The molecule has 2 aliphatic rings. The van der Waals surface area contributed by atoms with Crippen LogP contribution < -0.4 is 5.32 Å². The molecule has 1 aromatic rings. The maximum absolute atomic E-state index is 11.9. The van der Waals surface area contributed by atoms with Gasteiger partial charge < -0.3 is 10.1 Å². The number of carbonyl (C=O) groups excluding carboxylic acids is 1. The Labute approximate surface area is 115 Å². The SMILES string of the molecule is O=C(Cc1nc(CCl)cs1)NC1CC2CCC1O2. The van der Waals surface area contributed by atoms with Crippen LogP contribution in [-0.4, -0.2) is 29.1 Å². The highest BCUT2D eigenvalue weighted by Gasteiger charge is 2.41. The molecule has 0 aromatic carbocycles. The van der Waals surface area contributed by atoms with E-state index < -0.39 is 0 Å². The molecule has 1 N–H and O–H groups in total. The third-order valence-corrected chi connectivity index (χ3v) is 4.67. The van der Waals surface area contributed by atoms with Gasteiger partial charge in [-0.1, -0.05) is 0 Å². The van der Waals surface area contributed by atoms with Gasteiger partial charge in [0.25, 0.3) is 0 Å². The highest BCUT2D eigenvalue weighted by atomic mass is 35.5. The molecule has 0 spiro atoms. The van der Waals surface area contributed by atoms with Crippen LogP contribution in [0.2, 0.25) is 0 Å². The monoisotopic (exact) mass is 286 g/mol. The maximum atomic E-state index is 11.9. The molecule has 3 atom stereocenters. The number of nitrogens with zero attached hydrogens (tertiary/aromatic N) is 1. The van der Waals surface area contributed by atoms with Gasteiger partial charge in [0.15, 0.2) is 0 Å². The lowest BCUT2D eigenvalue weighted by Crippen LogP contribution is -2.42. The average Bonchev–Trinajstić information content (AvgIpc) is 3.04. The van der Waals surface area contributed by atoms with Crippen LogP contribution in [0, 0.1) is 0 Å². The summed E-state index contributed by atoms with van der Waals surface area (Å²) in [6.07, 6.45) is 4.11. The number of alkyl halides is 1. The van der Waals surface area contributed by atoms with E-state index in [1.54, 1.807) is 0 Å². The molecule has 2 saturated heterocycles. The number of rotatable bonds is 4. The summed E-state index contributed by atoms with van der Waals surface area (Å²) in [5.41, 5.74) is 0.840. The fourth-order valence-electron chi connectivity index (χ4n) is 2.68. The van der Waals surface area contributed by atoms with E-state index in [0.29, 0.717) is 18.4 Å². The number of amides is 1. The molecule has 2 fully saturated rings. The van der Waals surface area contributed by atoms with E-state index in [-0.39, 0.29) is 18.1 Å². The van der Waals surface area contributed by atoms with Crippen LogP contribution in [0.25, 0.3) is 0 Å². The largest absolute Gasteiger partial charge is 0.373 e. The molecule has 4 nitrogen and oxygen atoms in total. The number of nitrogens with one attached hydrogen (secondary N) is 1. The van der Waals surface area contributed by atoms with Crippen LogP contribution in [-0.2, 0) is 21.8 Å². The second-order valence-electron chi connectivity index (χ2n) is 4.83. The Morgan fingerprint density at radius 3 is 3.11 bits per heavy atom. The average molecular weight is 287 g/mol. The van der Waals surface area contributed by atoms with Gasteiger partial charge in [-0.15, -0.1) is 22.9 Å². The summed E-state index contributed by atoms with van der Waals surface area (Å²) >= 11 is 7.17. The number of ether oxygens (including phenoxy) is 1. The normalized spacial score (nSPS) is 29.7. The number of hydrogen-bond acceptors (Lipinski definition) is 4. The number of thiazole rings is 1. The Kier molecular flexibility index (Phi) is 3.54. The summed E-state index contributed by atoms with van der Waals surface area (Å²) in [6.45, 7) is 0. The van der Waals surface area contributed by atoms with Crippen molar-refractivity contribution in [2.45, 2.75) is 49.8 Å². The van der Waals surface area contributed by atoms with E-state index in [4.69, 9.17) is 16.3 Å². The minimum absolute atomic E-state index is 0.0339. The zero-order chi connectivity index (χ0) is 12.5. The van der Waals surface area contributed by atoms with Crippen molar-refractivity contribution in [1.29, 1.82) is 0 Å². The third-order valence-electron chi connectivity index (χ3n) is 3.50. The van der Waals surface area contributed by atoms with E-state index in [1.807, 2.05) is 5.38 Å².